The Bertz CT molecular complexity index is 574. The van der Waals surface area contributed by atoms with Crippen molar-refractivity contribution in [3.8, 4) is 0 Å². The van der Waals surface area contributed by atoms with Gasteiger partial charge in [0.15, 0.2) is 0 Å². The van der Waals surface area contributed by atoms with Gasteiger partial charge in [0.05, 0.1) is 11.1 Å². The minimum Gasteiger partial charge on any atom is -0.271 e. The van der Waals surface area contributed by atoms with Gasteiger partial charge in [-0.15, -0.1) is 0 Å². The van der Waals surface area contributed by atoms with Gasteiger partial charge in [-0.2, -0.15) is 0 Å². The van der Waals surface area contributed by atoms with E-state index < -0.39 is 5.82 Å². The van der Waals surface area contributed by atoms with E-state index in [9.17, 15) is 4.39 Å². The molecular formula is C14H15ClFN3. The Kier molecular flexibility index (Phi) is 4.47. The summed E-state index contributed by atoms with van der Waals surface area (Å²) in [6.07, 6.45) is 2.31. The highest BCUT2D eigenvalue weighted by Gasteiger charge is 2.12. The van der Waals surface area contributed by atoms with Crippen LogP contribution in [0.2, 0.25) is 5.02 Å². The second-order valence-electron chi connectivity index (χ2n) is 4.40. The molecule has 1 aromatic heterocycles. The number of halogens is 2. The van der Waals surface area contributed by atoms with Crippen molar-refractivity contribution in [2.24, 2.45) is 5.84 Å². The lowest BCUT2D eigenvalue weighted by Gasteiger charge is -2.17. The molecule has 0 saturated heterocycles. The Labute approximate surface area is 116 Å². The number of benzene rings is 1. The standard InChI is InChI=1S/C14H15ClFN3/c1-9-6-11(4-5-18-9)14(19-17)8-10-2-3-12(15)13(16)7-10/h2-7,14,19H,8,17H2,1H3. The Morgan fingerprint density at radius 3 is 2.79 bits per heavy atom. The van der Waals surface area contributed by atoms with E-state index in [0.29, 0.717) is 6.42 Å². The first-order chi connectivity index (χ1) is 9.10. The van der Waals surface area contributed by atoms with Crippen LogP contribution in [0, 0.1) is 12.7 Å². The molecule has 19 heavy (non-hydrogen) atoms. The largest absolute Gasteiger partial charge is 0.271 e. The normalized spacial score (nSPS) is 12.4. The van der Waals surface area contributed by atoms with Crippen LogP contribution in [-0.2, 0) is 6.42 Å². The van der Waals surface area contributed by atoms with Crippen LogP contribution in [0.5, 0.6) is 0 Å². The zero-order valence-corrected chi connectivity index (χ0v) is 11.3. The lowest BCUT2D eigenvalue weighted by Crippen LogP contribution is -2.29. The smallest absolute Gasteiger partial charge is 0.142 e. The van der Waals surface area contributed by atoms with Crippen LogP contribution in [0.3, 0.4) is 0 Å². The van der Waals surface area contributed by atoms with E-state index in [1.54, 1.807) is 18.3 Å². The predicted octanol–water partition coefficient (Wildman–Crippen LogP) is 2.93. The van der Waals surface area contributed by atoms with Gasteiger partial charge in [0.25, 0.3) is 0 Å². The number of nitrogens with one attached hydrogen (secondary N) is 1. The van der Waals surface area contributed by atoms with Gasteiger partial charge in [-0.05, 0) is 48.7 Å². The van der Waals surface area contributed by atoms with Crippen molar-refractivity contribution in [1.29, 1.82) is 0 Å². The van der Waals surface area contributed by atoms with Crippen LogP contribution >= 0.6 is 11.6 Å². The van der Waals surface area contributed by atoms with Crippen molar-refractivity contribution < 1.29 is 4.39 Å². The van der Waals surface area contributed by atoms with E-state index in [4.69, 9.17) is 17.4 Å². The molecule has 0 bridgehead atoms. The summed E-state index contributed by atoms with van der Waals surface area (Å²) in [4.78, 5) is 4.14. The fourth-order valence-corrected chi connectivity index (χ4v) is 2.08. The van der Waals surface area contributed by atoms with Gasteiger partial charge in [-0.3, -0.25) is 16.3 Å². The maximum absolute atomic E-state index is 13.4. The van der Waals surface area contributed by atoms with Crippen molar-refractivity contribution in [1.82, 2.24) is 10.4 Å². The van der Waals surface area contributed by atoms with Crippen LogP contribution in [0.15, 0.2) is 36.5 Å². The Morgan fingerprint density at radius 2 is 2.16 bits per heavy atom. The summed E-state index contributed by atoms with van der Waals surface area (Å²) in [7, 11) is 0. The molecule has 100 valence electrons. The van der Waals surface area contributed by atoms with Crippen molar-refractivity contribution in [2.45, 2.75) is 19.4 Å². The number of aromatic nitrogens is 1. The molecule has 2 aromatic rings. The second-order valence-corrected chi connectivity index (χ2v) is 4.81. The minimum absolute atomic E-state index is 0.0951. The number of hydrazine groups is 1. The first-order valence-electron chi connectivity index (χ1n) is 5.92. The third-order valence-electron chi connectivity index (χ3n) is 2.95. The fraction of sp³-hybridized carbons (Fsp3) is 0.214. The summed E-state index contributed by atoms with van der Waals surface area (Å²) in [5, 5.41) is 0.126. The van der Waals surface area contributed by atoms with Crippen LogP contribution in [0.25, 0.3) is 0 Å². The molecule has 5 heteroatoms. The quantitative estimate of drug-likeness (QED) is 0.668. The molecule has 1 heterocycles. The number of rotatable bonds is 4. The van der Waals surface area contributed by atoms with Gasteiger partial charge in [0.1, 0.15) is 5.82 Å². The number of nitrogens with zero attached hydrogens (tertiary/aromatic N) is 1. The molecule has 0 aliphatic carbocycles. The van der Waals surface area contributed by atoms with Gasteiger partial charge < -0.3 is 0 Å². The summed E-state index contributed by atoms with van der Waals surface area (Å²) in [6, 6.07) is 8.53. The number of pyridine rings is 1. The molecule has 1 unspecified atom stereocenters. The molecule has 1 atom stereocenters. The second kappa shape index (κ2) is 6.10. The van der Waals surface area contributed by atoms with Crippen LogP contribution < -0.4 is 11.3 Å². The van der Waals surface area contributed by atoms with Crippen LogP contribution in [0.1, 0.15) is 22.9 Å². The summed E-state index contributed by atoms with van der Waals surface area (Å²) in [5.74, 6) is 5.16. The molecule has 0 aliphatic rings. The van der Waals surface area contributed by atoms with E-state index in [1.807, 2.05) is 19.1 Å². The summed E-state index contributed by atoms with van der Waals surface area (Å²) in [6.45, 7) is 1.92. The number of nitrogens with two attached hydrogens (primary N) is 1. The molecule has 0 aliphatic heterocycles. The van der Waals surface area contributed by atoms with Crippen molar-refractivity contribution >= 4 is 11.6 Å². The number of hydrogen-bond donors (Lipinski definition) is 2. The van der Waals surface area contributed by atoms with E-state index in [0.717, 1.165) is 16.8 Å². The van der Waals surface area contributed by atoms with Crippen molar-refractivity contribution in [3.05, 3.63) is 64.2 Å². The van der Waals surface area contributed by atoms with E-state index >= 15 is 0 Å². The van der Waals surface area contributed by atoms with Gasteiger partial charge in [-0.25, -0.2) is 4.39 Å². The lowest BCUT2D eigenvalue weighted by molar-refractivity contribution is 0.547. The van der Waals surface area contributed by atoms with Crippen molar-refractivity contribution in [2.75, 3.05) is 0 Å². The van der Waals surface area contributed by atoms with Gasteiger partial charge >= 0.3 is 0 Å². The maximum Gasteiger partial charge on any atom is 0.142 e. The molecule has 0 saturated carbocycles. The van der Waals surface area contributed by atoms with E-state index in [-0.39, 0.29) is 11.1 Å². The predicted molar refractivity (Wildman–Crippen MR) is 74.2 cm³/mol. The molecule has 2 rings (SSSR count). The highest BCUT2D eigenvalue weighted by atomic mass is 35.5. The molecule has 0 spiro atoms. The highest BCUT2D eigenvalue weighted by molar-refractivity contribution is 6.30. The topological polar surface area (TPSA) is 50.9 Å². The third-order valence-corrected chi connectivity index (χ3v) is 3.25. The Morgan fingerprint density at radius 1 is 1.37 bits per heavy atom. The highest BCUT2D eigenvalue weighted by Crippen LogP contribution is 2.21. The Balaban J connectivity index is 2.21. The fourth-order valence-electron chi connectivity index (χ4n) is 1.96. The average molecular weight is 280 g/mol. The molecule has 1 aromatic carbocycles. The molecule has 0 fully saturated rings. The monoisotopic (exact) mass is 279 g/mol. The lowest BCUT2D eigenvalue weighted by atomic mass is 9.99. The minimum atomic E-state index is -0.416. The average Bonchev–Trinajstić information content (AvgIpc) is 2.40. The zero-order chi connectivity index (χ0) is 13.8. The van der Waals surface area contributed by atoms with E-state index in [1.165, 1.54) is 6.07 Å². The third kappa shape index (κ3) is 3.50. The molecule has 3 nitrogen and oxygen atoms in total. The Hall–Kier alpha value is -1.49. The van der Waals surface area contributed by atoms with E-state index in [2.05, 4.69) is 10.4 Å². The summed E-state index contributed by atoms with van der Waals surface area (Å²) in [5.41, 5.74) is 5.51. The first kappa shape index (κ1) is 13.9. The zero-order valence-electron chi connectivity index (χ0n) is 10.5. The molecule has 0 radical (unpaired) electrons. The van der Waals surface area contributed by atoms with Crippen LogP contribution in [0.4, 0.5) is 4.39 Å². The first-order valence-corrected chi connectivity index (χ1v) is 6.30. The summed E-state index contributed by atoms with van der Waals surface area (Å²) < 4.78 is 13.4. The van der Waals surface area contributed by atoms with Gasteiger partial charge in [0.2, 0.25) is 0 Å². The molecular weight excluding hydrogens is 265 g/mol. The summed E-state index contributed by atoms with van der Waals surface area (Å²) >= 11 is 5.67. The van der Waals surface area contributed by atoms with Crippen molar-refractivity contribution in [3.63, 3.8) is 0 Å². The molecule has 3 N–H and O–H groups in total. The molecule has 0 amide bonds. The van der Waals surface area contributed by atoms with Gasteiger partial charge in [-0.1, -0.05) is 17.7 Å². The van der Waals surface area contributed by atoms with Crippen LogP contribution in [-0.4, -0.2) is 4.98 Å². The number of hydrogen-bond acceptors (Lipinski definition) is 3. The maximum atomic E-state index is 13.4. The van der Waals surface area contributed by atoms with Gasteiger partial charge in [0, 0.05) is 11.9 Å². The number of aryl methyl sites for hydroxylation is 1. The SMILES string of the molecule is Cc1cc(C(Cc2ccc(Cl)c(F)c2)NN)ccn1.